The average molecular weight is 553 g/mol. The van der Waals surface area contributed by atoms with Crippen molar-refractivity contribution in [3.8, 4) is 5.69 Å². The van der Waals surface area contributed by atoms with Crippen LogP contribution < -0.4 is 0 Å². The van der Waals surface area contributed by atoms with Crippen LogP contribution in [0.4, 0.5) is 8.78 Å². The summed E-state index contributed by atoms with van der Waals surface area (Å²) in [5, 5.41) is 16.4. The Kier molecular flexibility index (Phi) is 6.81. The third-order valence-electron chi connectivity index (χ3n) is 7.74. The second-order valence-electron chi connectivity index (χ2n) is 12.2. The zero-order valence-electron chi connectivity index (χ0n) is 23.6. The van der Waals surface area contributed by atoms with E-state index in [9.17, 15) is 23.5 Å². The lowest BCUT2D eigenvalue weighted by molar-refractivity contribution is -0.146. The van der Waals surface area contributed by atoms with E-state index in [1.807, 2.05) is 6.07 Å². The van der Waals surface area contributed by atoms with Gasteiger partial charge in [-0.25, -0.2) is 13.8 Å². The summed E-state index contributed by atoms with van der Waals surface area (Å²) in [6, 6.07) is 5.43. The zero-order chi connectivity index (χ0) is 29.1. The third-order valence-corrected chi connectivity index (χ3v) is 7.74. The first-order valence-electron chi connectivity index (χ1n) is 13.5. The number of esters is 1. The molecule has 1 N–H and O–H groups in total. The van der Waals surface area contributed by atoms with Gasteiger partial charge in [-0.2, -0.15) is 9.78 Å². The number of aromatic nitrogens is 4. The predicted molar refractivity (Wildman–Crippen MR) is 146 cm³/mol. The fourth-order valence-electron chi connectivity index (χ4n) is 5.80. The van der Waals surface area contributed by atoms with E-state index < -0.39 is 22.7 Å². The highest BCUT2D eigenvalue weighted by molar-refractivity contribution is 5.98. The van der Waals surface area contributed by atoms with Crippen LogP contribution in [0.25, 0.3) is 27.8 Å². The van der Waals surface area contributed by atoms with Crippen LogP contribution in [0.5, 0.6) is 0 Å². The number of nitrogens with zero attached hydrogens (tertiary/aromatic N) is 4. The van der Waals surface area contributed by atoms with Gasteiger partial charge < -0.3 is 14.4 Å². The minimum absolute atomic E-state index is 0.0870. The second-order valence-corrected chi connectivity index (χ2v) is 12.2. The largest absolute Gasteiger partial charge is 0.469 e. The molecular formula is C30H34F2N4O4. The molecule has 212 valence electrons. The van der Waals surface area contributed by atoms with Gasteiger partial charge in [0.25, 0.3) is 5.91 Å². The van der Waals surface area contributed by atoms with Crippen molar-refractivity contribution in [3.05, 3.63) is 53.4 Å². The normalized spacial score (nSPS) is 18.4. The van der Waals surface area contributed by atoms with Crippen molar-refractivity contribution in [1.29, 1.82) is 0 Å². The van der Waals surface area contributed by atoms with E-state index in [0.717, 1.165) is 17.7 Å². The Balaban J connectivity index is 1.82. The van der Waals surface area contributed by atoms with Gasteiger partial charge >= 0.3 is 5.97 Å². The van der Waals surface area contributed by atoms with E-state index in [1.54, 1.807) is 45.4 Å². The number of hydrogen-bond acceptors (Lipinski definition) is 6. The molecule has 0 aliphatic heterocycles. The molecule has 40 heavy (non-hydrogen) atoms. The smallest absolute Gasteiger partial charge is 0.308 e. The number of rotatable bonds is 4. The summed E-state index contributed by atoms with van der Waals surface area (Å²) in [6.45, 7) is 8.70. The lowest BCUT2D eigenvalue weighted by atomic mass is 9.77. The number of hydrogen-bond donors (Lipinski definition) is 1. The molecule has 1 saturated carbocycles. The number of pyridine rings is 1. The van der Waals surface area contributed by atoms with Gasteiger partial charge in [0.05, 0.1) is 41.6 Å². The number of fused-ring (bicyclic) bond motifs is 2. The second kappa shape index (κ2) is 9.76. The molecule has 0 unspecified atom stereocenters. The molecule has 1 aromatic carbocycles. The summed E-state index contributed by atoms with van der Waals surface area (Å²) in [5.41, 5.74) is 0.963. The molecule has 0 saturated heterocycles. The van der Waals surface area contributed by atoms with Gasteiger partial charge in [0.1, 0.15) is 0 Å². The van der Waals surface area contributed by atoms with E-state index in [4.69, 9.17) is 9.72 Å². The lowest BCUT2D eigenvalue weighted by Crippen LogP contribution is -2.27. The third kappa shape index (κ3) is 4.68. The Labute approximate surface area is 230 Å². The number of aliphatic hydroxyl groups is 1. The topological polar surface area (TPSA) is 99.2 Å². The summed E-state index contributed by atoms with van der Waals surface area (Å²) in [7, 11) is 1.38. The molecule has 4 aromatic rings. The molecule has 1 aliphatic rings. The quantitative estimate of drug-likeness (QED) is 0.311. The number of carbonyl (C=O) groups is 2. The fourth-order valence-corrected chi connectivity index (χ4v) is 5.80. The standard InChI is InChI=1S/C30H34F2N4O4/c1-29(2,3)28(38)36-26-18(15-33-36)13-22-24(34-26)23(16-7-9-17(10-8-16)27(37)40-6)25(30(4,5)39)35(22)19-11-12-20(31)21(32)14-19/h11-17,39H,7-10H2,1-6H3/t16-,17-. The van der Waals surface area contributed by atoms with Crippen LogP contribution in [0.3, 0.4) is 0 Å². The van der Waals surface area contributed by atoms with Gasteiger partial charge in [-0.3, -0.25) is 9.59 Å². The van der Waals surface area contributed by atoms with E-state index in [0.29, 0.717) is 59.1 Å². The Morgan fingerprint density at radius 2 is 1.70 bits per heavy atom. The van der Waals surface area contributed by atoms with Gasteiger partial charge in [0.2, 0.25) is 0 Å². The minimum Gasteiger partial charge on any atom is -0.469 e. The Bertz CT molecular complexity index is 1630. The van der Waals surface area contributed by atoms with Crippen LogP contribution in [0.15, 0.2) is 30.5 Å². The van der Waals surface area contributed by atoms with Crippen molar-refractivity contribution < 1.29 is 28.2 Å². The van der Waals surface area contributed by atoms with Crippen LogP contribution in [0.2, 0.25) is 0 Å². The molecule has 3 heterocycles. The van der Waals surface area contributed by atoms with Crippen molar-refractivity contribution in [3.63, 3.8) is 0 Å². The van der Waals surface area contributed by atoms with Crippen molar-refractivity contribution in [2.45, 2.75) is 71.8 Å². The van der Waals surface area contributed by atoms with Gasteiger partial charge in [0, 0.05) is 28.1 Å². The van der Waals surface area contributed by atoms with Gasteiger partial charge in [0.15, 0.2) is 17.3 Å². The summed E-state index contributed by atoms with van der Waals surface area (Å²) in [6.07, 6.45) is 4.03. The Morgan fingerprint density at radius 1 is 1.02 bits per heavy atom. The van der Waals surface area contributed by atoms with E-state index in [2.05, 4.69) is 5.10 Å². The SMILES string of the molecule is COC(=O)[C@H]1CC[C@H](c2c(C(C)(C)O)n(-c3ccc(F)c(F)c3)c3cc4cnn(C(=O)C(C)(C)C)c4nc32)CC1. The average Bonchev–Trinajstić information content (AvgIpc) is 3.46. The number of methoxy groups -OCH3 is 1. The fraction of sp³-hybridized carbons (Fsp3) is 0.467. The summed E-state index contributed by atoms with van der Waals surface area (Å²) in [5.74, 6) is -2.76. The first kappa shape index (κ1) is 27.9. The summed E-state index contributed by atoms with van der Waals surface area (Å²) >= 11 is 0. The van der Waals surface area contributed by atoms with Crippen LogP contribution in [-0.2, 0) is 15.1 Å². The van der Waals surface area contributed by atoms with Gasteiger partial charge in [-0.15, -0.1) is 0 Å². The predicted octanol–water partition coefficient (Wildman–Crippen LogP) is 6.01. The molecule has 0 bridgehead atoms. The molecule has 8 nitrogen and oxygen atoms in total. The Hall–Kier alpha value is -3.66. The number of benzene rings is 1. The summed E-state index contributed by atoms with van der Waals surface area (Å²) < 4.78 is 36.4. The van der Waals surface area contributed by atoms with Crippen LogP contribution in [0.1, 0.15) is 82.3 Å². The molecule has 1 aliphatic carbocycles. The molecule has 10 heteroatoms. The monoisotopic (exact) mass is 552 g/mol. The highest BCUT2D eigenvalue weighted by atomic mass is 19.2. The van der Waals surface area contributed by atoms with Crippen molar-refractivity contribution in [2.24, 2.45) is 11.3 Å². The molecule has 3 aromatic heterocycles. The van der Waals surface area contributed by atoms with Crippen LogP contribution in [-0.4, -0.2) is 43.4 Å². The van der Waals surface area contributed by atoms with E-state index in [-0.39, 0.29) is 23.7 Å². The molecule has 0 amide bonds. The maximum atomic E-state index is 14.5. The van der Waals surface area contributed by atoms with Crippen molar-refractivity contribution in [2.75, 3.05) is 7.11 Å². The Morgan fingerprint density at radius 3 is 2.27 bits per heavy atom. The summed E-state index contributed by atoms with van der Waals surface area (Å²) in [4.78, 5) is 30.4. The minimum atomic E-state index is -1.40. The van der Waals surface area contributed by atoms with E-state index >= 15 is 0 Å². The van der Waals surface area contributed by atoms with Crippen LogP contribution >= 0.6 is 0 Å². The van der Waals surface area contributed by atoms with Crippen molar-refractivity contribution in [1.82, 2.24) is 19.3 Å². The number of carbonyl (C=O) groups excluding carboxylic acids is 2. The molecule has 5 rings (SSSR count). The maximum absolute atomic E-state index is 14.5. The first-order valence-corrected chi connectivity index (χ1v) is 13.5. The molecule has 0 atom stereocenters. The van der Waals surface area contributed by atoms with E-state index in [1.165, 1.54) is 17.9 Å². The highest BCUT2D eigenvalue weighted by Gasteiger charge is 2.37. The highest BCUT2D eigenvalue weighted by Crippen LogP contribution is 2.46. The lowest BCUT2D eigenvalue weighted by Gasteiger charge is -2.30. The molecule has 0 spiro atoms. The number of ether oxygens (including phenoxy) is 1. The van der Waals surface area contributed by atoms with Crippen molar-refractivity contribution >= 4 is 33.9 Å². The maximum Gasteiger partial charge on any atom is 0.308 e. The van der Waals surface area contributed by atoms with Crippen LogP contribution in [0, 0.1) is 23.0 Å². The molecular weight excluding hydrogens is 518 g/mol. The zero-order valence-corrected chi connectivity index (χ0v) is 23.6. The van der Waals surface area contributed by atoms with Gasteiger partial charge in [-0.1, -0.05) is 20.8 Å². The number of halogens is 2. The first-order chi connectivity index (χ1) is 18.7. The van der Waals surface area contributed by atoms with Gasteiger partial charge in [-0.05, 0) is 63.6 Å². The molecule has 1 fully saturated rings. The molecule has 0 radical (unpaired) electrons.